The van der Waals surface area contributed by atoms with E-state index in [0.717, 1.165) is 16.5 Å². The van der Waals surface area contributed by atoms with Crippen molar-refractivity contribution in [3.05, 3.63) is 35.0 Å². The van der Waals surface area contributed by atoms with Crippen LogP contribution in [0.3, 0.4) is 0 Å². The van der Waals surface area contributed by atoms with Crippen LogP contribution >= 0.6 is 11.6 Å². The van der Waals surface area contributed by atoms with Gasteiger partial charge in [-0.2, -0.15) is 0 Å². The Morgan fingerprint density at radius 2 is 2.24 bits per heavy atom. The summed E-state index contributed by atoms with van der Waals surface area (Å²) in [5.41, 5.74) is 1.81. The highest BCUT2D eigenvalue weighted by atomic mass is 35.5. The topological polar surface area (TPSA) is 42.1 Å². The normalized spacial score (nSPS) is 11.1. The van der Waals surface area contributed by atoms with Crippen molar-refractivity contribution in [2.24, 2.45) is 0 Å². The monoisotopic (exact) mass is 251 g/mol. The van der Waals surface area contributed by atoms with Gasteiger partial charge < -0.3 is 9.72 Å². The molecule has 2 aromatic rings. The molecule has 0 saturated carbocycles. The van der Waals surface area contributed by atoms with Crippen molar-refractivity contribution in [1.82, 2.24) is 4.98 Å². The number of aromatic nitrogens is 1. The highest BCUT2D eigenvalue weighted by Gasteiger charge is 2.12. The average molecular weight is 252 g/mol. The molecular weight excluding hydrogens is 238 g/mol. The van der Waals surface area contributed by atoms with E-state index in [4.69, 9.17) is 16.3 Å². The Hall–Kier alpha value is -1.48. The number of aromatic amines is 1. The number of H-pyrrole nitrogens is 1. The van der Waals surface area contributed by atoms with Crippen LogP contribution in [0.1, 0.15) is 19.4 Å². The lowest BCUT2D eigenvalue weighted by atomic mass is 10.1. The Labute approximate surface area is 105 Å². The first-order valence-electron chi connectivity index (χ1n) is 5.52. The summed E-state index contributed by atoms with van der Waals surface area (Å²) in [7, 11) is 0. The van der Waals surface area contributed by atoms with Gasteiger partial charge in [-0.25, -0.2) is 0 Å². The van der Waals surface area contributed by atoms with Gasteiger partial charge in [-0.3, -0.25) is 4.79 Å². The lowest BCUT2D eigenvalue weighted by Crippen LogP contribution is -2.13. The van der Waals surface area contributed by atoms with Crippen molar-refractivity contribution in [2.45, 2.75) is 26.4 Å². The Bertz CT molecular complexity index is 545. The van der Waals surface area contributed by atoms with Crippen LogP contribution in [-0.4, -0.2) is 17.1 Å². The predicted octanol–water partition coefficient (Wildman–Crippen LogP) is 3.32. The van der Waals surface area contributed by atoms with Gasteiger partial charge in [0.05, 0.1) is 17.5 Å². The Kier molecular flexibility index (Phi) is 3.38. The predicted molar refractivity (Wildman–Crippen MR) is 68.2 cm³/mol. The van der Waals surface area contributed by atoms with Gasteiger partial charge >= 0.3 is 5.97 Å². The van der Waals surface area contributed by atoms with E-state index in [0.29, 0.717) is 5.02 Å². The highest BCUT2D eigenvalue weighted by Crippen LogP contribution is 2.26. The largest absolute Gasteiger partial charge is 0.463 e. The first-order chi connectivity index (χ1) is 8.08. The molecule has 0 radical (unpaired) electrons. The fraction of sp³-hybridized carbons (Fsp3) is 0.308. The van der Waals surface area contributed by atoms with E-state index in [1.807, 2.05) is 32.0 Å². The molecule has 4 heteroatoms. The van der Waals surface area contributed by atoms with Crippen molar-refractivity contribution in [3.63, 3.8) is 0 Å². The molecular formula is C13H14ClNO2. The van der Waals surface area contributed by atoms with Gasteiger partial charge in [-0.1, -0.05) is 17.7 Å². The van der Waals surface area contributed by atoms with Crippen LogP contribution in [0.2, 0.25) is 5.02 Å². The number of benzene rings is 1. The summed E-state index contributed by atoms with van der Waals surface area (Å²) in [6, 6.07) is 5.62. The molecule has 0 amide bonds. The Balaban J connectivity index is 2.28. The molecule has 0 atom stereocenters. The second-order valence-electron chi connectivity index (χ2n) is 4.19. The number of carbonyl (C=O) groups excluding carboxylic acids is 1. The summed E-state index contributed by atoms with van der Waals surface area (Å²) in [6.07, 6.45) is 1.95. The Morgan fingerprint density at radius 3 is 2.94 bits per heavy atom. The third-order valence-corrected chi connectivity index (χ3v) is 2.75. The number of hydrogen-bond donors (Lipinski definition) is 1. The molecule has 2 rings (SSSR count). The molecule has 3 nitrogen and oxygen atoms in total. The second-order valence-corrected chi connectivity index (χ2v) is 4.60. The quantitative estimate of drug-likeness (QED) is 0.851. The molecule has 0 unspecified atom stereocenters. The van der Waals surface area contributed by atoms with Crippen molar-refractivity contribution in [1.29, 1.82) is 0 Å². The summed E-state index contributed by atoms with van der Waals surface area (Å²) >= 11 is 6.12. The van der Waals surface area contributed by atoms with Crippen LogP contribution in [0.15, 0.2) is 24.4 Å². The van der Waals surface area contributed by atoms with E-state index < -0.39 is 0 Å². The van der Waals surface area contributed by atoms with Crippen LogP contribution in [0, 0.1) is 0 Å². The molecule has 0 aliphatic rings. The van der Waals surface area contributed by atoms with Crippen molar-refractivity contribution in [3.8, 4) is 0 Å². The van der Waals surface area contributed by atoms with Crippen LogP contribution in [0.25, 0.3) is 10.9 Å². The third-order valence-electron chi connectivity index (χ3n) is 2.44. The molecule has 0 aliphatic heterocycles. The molecule has 1 aromatic heterocycles. The third kappa shape index (κ3) is 2.61. The average Bonchev–Trinajstić information content (AvgIpc) is 2.61. The van der Waals surface area contributed by atoms with Gasteiger partial charge in [0.1, 0.15) is 0 Å². The zero-order valence-electron chi connectivity index (χ0n) is 9.79. The number of esters is 1. The van der Waals surface area contributed by atoms with E-state index in [1.165, 1.54) is 0 Å². The molecule has 1 heterocycles. The van der Waals surface area contributed by atoms with Crippen LogP contribution in [0.4, 0.5) is 0 Å². The number of halogens is 1. The highest BCUT2D eigenvalue weighted by molar-refractivity contribution is 6.35. The zero-order chi connectivity index (χ0) is 12.4. The number of rotatable bonds is 3. The number of carbonyl (C=O) groups is 1. The van der Waals surface area contributed by atoms with E-state index in [2.05, 4.69) is 4.98 Å². The van der Waals surface area contributed by atoms with E-state index in [-0.39, 0.29) is 18.5 Å². The number of nitrogens with one attached hydrogen (secondary N) is 1. The van der Waals surface area contributed by atoms with Crippen LogP contribution in [-0.2, 0) is 16.0 Å². The zero-order valence-corrected chi connectivity index (χ0v) is 10.5. The molecule has 0 fully saturated rings. The van der Waals surface area contributed by atoms with Gasteiger partial charge in [-0.15, -0.1) is 0 Å². The molecule has 0 aliphatic carbocycles. The minimum atomic E-state index is -0.235. The number of ether oxygens (including phenoxy) is 1. The SMILES string of the molecule is CC(C)OC(=O)Cc1c[nH]c2cccc(Cl)c12. The molecule has 1 aromatic carbocycles. The standard InChI is InChI=1S/C13H14ClNO2/c1-8(2)17-12(16)6-9-7-15-11-5-3-4-10(14)13(9)11/h3-5,7-8,15H,6H2,1-2H3. The van der Waals surface area contributed by atoms with Gasteiger partial charge in [0.2, 0.25) is 0 Å². The molecule has 17 heavy (non-hydrogen) atoms. The molecule has 90 valence electrons. The maximum atomic E-state index is 11.6. The van der Waals surface area contributed by atoms with Crippen molar-refractivity contribution < 1.29 is 9.53 Å². The fourth-order valence-electron chi connectivity index (χ4n) is 1.81. The second kappa shape index (κ2) is 4.80. The summed E-state index contributed by atoms with van der Waals surface area (Å²) in [4.78, 5) is 14.7. The van der Waals surface area contributed by atoms with Crippen molar-refractivity contribution >= 4 is 28.5 Å². The number of hydrogen-bond acceptors (Lipinski definition) is 2. The lowest BCUT2D eigenvalue weighted by molar-refractivity contribution is -0.146. The van der Waals surface area contributed by atoms with Gasteiger partial charge in [-0.05, 0) is 31.5 Å². The smallest absolute Gasteiger partial charge is 0.310 e. The first kappa shape index (κ1) is 12.0. The van der Waals surface area contributed by atoms with Crippen LogP contribution in [0.5, 0.6) is 0 Å². The van der Waals surface area contributed by atoms with E-state index >= 15 is 0 Å². The summed E-state index contributed by atoms with van der Waals surface area (Å²) in [5.74, 6) is -0.235. The first-order valence-corrected chi connectivity index (χ1v) is 5.89. The fourth-order valence-corrected chi connectivity index (χ4v) is 2.10. The minimum absolute atomic E-state index is 0.0943. The molecule has 0 spiro atoms. The summed E-state index contributed by atoms with van der Waals surface area (Å²) in [6.45, 7) is 3.67. The van der Waals surface area contributed by atoms with Gasteiger partial charge in [0.15, 0.2) is 0 Å². The molecule has 1 N–H and O–H groups in total. The molecule has 0 bridgehead atoms. The Morgan fingerprint density at radius 1 is 1.47 bits per heavy atom. The van der Waals surface area contributed by atoms with Crippen LogP contribution < -0.4 is 0 Å². The van der Waals surface area contributed by atoms with Crippen molar-refractivity contribution in [2.75, 3.05) is 0 Å². The van der Waals surface area contributed by atoms with Gasteiger partial charge in [0, 0.05) is 17.1 Å². The maximum Gasteiger partial charge on any atom is 0.310 e. The van der Waals surface area contributed by atoms with E-state index in [9.17, 15) is 4.79 Å². The van der Waals surface area contributed by atoms with E-state index in [1.54, 1.807) is 6.20 Å². The minimum Gasteiger partial charge on any atom is -0.463 e. The maximum absolute atomic E-state index is 11.6. The summed E-state index contributed by atoms with van der Waals surface area (Å²) in [5, 5.41) is 1.55. The van der Waals surface area contributed by atoms with Gasteiger partial charge in [0.25, 0.3) is 0 Å². The summed E-state index contributed by atoms with van der Waals surface area (Å²) < 4.78 is 5.12. The molecule has 0 saturated heterocycles. The number of fused-ring (bicyclic) bond motifs is 1. The lowest BCUT2D eigenvalue weighted by Gasteiger charge is -2.07.